The third-order valence-electron chi connectivity index (χ3n) is 5.19. The van der Waals surface area contributed by atoms with Crippen LogP contribution in [0.4, 0.5) is 4.39 Å². The van der Waals surface area contributed by atoms with Gasteiger partial charge in [-0.1, -0.05) is 28.9 Å². The second-order valence-electron chi connectivity index (χ2n) is 7.44. The molecule has 8 heteroatoms. The third kappa shape index (κ3) is 5.23. The van der Waals surface area contributed by atoms with E-state index in [0.717, 1.165) is 24.9 Å². The van der Waals surface area contributed by atoms with Crippen LogP contribution in [0.25, 0.3) is 11.4 Å². The average Bonchev–Trinajstić information content (AvgIpc) is 3.22. The summed E-state index contributed by atoms with van der Waals surface area (Å²) < 4.78 is 18.4. The van der Waals surface area contributed by atoms with Crippen molar-refractivity contribution in [2.45, 2.75) is 25.9 Å². The largest absolute Gasteiger partial charge is 0.352 e. The number of amides is 1. The highest BCUT2D eigenvalue weighted by molar-refractivity contribution is 6.30. The Bertz CT molecular complexity index is 991. The van der Waals surface area contributed by atoms with E-state index < -0.39 is 0 Å². The van der Waals surface area contributed by atoms with Crippen LogP contribution in [0.15, 0.2) is 53.1 Å². The number of benzene rings is 2. The summed E-state index contributed by atoms with van der Waals surface area (Å²) >= 11 is 5.90. The lowest BCUT2D eigenvalue weighted by atomic mass is 9.97. The number of nitrogens with zero attached hydrogens (tertiary/aromatic N) is 3. The van der Waals surface area contributed by atoms with E-state index in [-0.39, 0.29) is 17.6 Å². The number of aromatic nitrogens is 2. The quantitative estimate of drug-likeness (QED) is 0.641. The molecule has 0 spiro atoms. The first-order valence-corrected chi connectivity index (χ1v) is 10.3. The first-order chi connectivity index (χ1) is 14.6. The molecule has 1 aliphatic heterocycles. The predicted octanol–water partition coefficient (Wildman–Crippen LogP) is 4.06. The Hall–Kier alpha value is -2.77. The zero-order chi connectivity index (χ0) is 20.9. The number of hydrogen-bond donors (Lipinski definition) is 1. The molecule has 1 atom stereocenters. The Morgan fingerprint density at radius 2 is 1.97 bits per heavy atom. The van der Waals surface area contributed by atoms with Gasteiger partial charge in [-0.15, -0.1) is 0 Å². The predicted molar refractivity (Wildman–Crippen MR) is 111 cm³/mol. The van der Waals surface area contributed by atoms with E-state index in [2.05, 4.69) is 20.4 Å². The normalized spacial score (nSPS) is 17.1. The van der Waals surface area contributed by atoms with Crippen LogP contribution in [0.1, 0.15) is 24.3 Å². The molecule has 1 unspecified atom stereocenters. The molecule has 30 heavy (non-hydrogen) atoms. The van der Waals surface area contributed by atoms with Gasteiger partial charge in [0.15, 0.2) is 0 Å². The Kier molecular flexibility index (Phi) is 6.40. The Labute approximate surface area is 179 Å². The summed E-state index contributed by atoms with van der Waals surface area (Å²) in [4.78, 5) is 19.2. The van der Waals surface area contributed by atoms with Crippen molar-refractivity contribution in [2.24, 2.45) is 5.92 Å². The smallest absolute Gasteiger partial charge is 0.241 e. The molecular formula is C22H22ClFN4O2. The minimum absolute atomic E-state index is 0.0483. The summed E-state index contributed by atoms with van der Waals surface area (Å²) in [6.07, 6.45) is 1.78. The minimum atomic E-state index is -0.309. The maximum atomic E-state index is 13.1. The monoisotopic (exact) mass is 428 g/mol. The van der Waals surface area contributed by atoms with Gasteiger partial charge in [0.25, 0.3) is 0 Å². The Balaban J connectivity index is 1.31. The van der Waals surface area contributed by atoms with Gasteiger partial charge in [-0.05, 0) is 61.3 Å². The Morgan fingerprint density at radius 3 is 2.73 bits per heavy atom. The van der Waals surface area contributed by atoms with Gasteiger partial charge in [0.1, 0.15) is 5.82 Å². The Morgan fingerprint density at radius 1 is 1.20 bits per heavy atom. The molecule has 2 heterocycles. The topological polar surface area (TPSA) is 71.3 Å². The number of nitrogens with one attached hydrogen (secondary N) is 1. The van der Waals surface area contributed by atoms with Crippen LogP contribution < -0.4 is 5.32 Å². The second-order valence-corrected chi connectivity index (χ2v) is 7.87. The van der Waals surface area contributed by atoms with Crippen LogP contribution >= 0.6 is 11.6 Å². The zero-order valence-corrected chi connectivity index (χ0v) is 17.1. The van der Waals surface area contributed by atoms with Gasteiger partial charge in [-0.25, -0.2) is 4.39 Å². The van der Waals surface area contributed by atoms with E-state index >= 15 is 0 Å². The molecule has 0 aliphatic carbocycles. The highest BCUT2D eigenvalue weighted by Crippen LogP contribution is 2.21. The van der Waals surface area contributed by atoms with E-state index in [9.17, 15) is 9.18 Å². The van der Waals surface area contributed by atoms with Gasteiger partial charge in [-0.3, -0.25) is 9.69 Å². The maximum absolute atomic E-state index is 13.1. The summed E-state index contributed by atoms with van der Waals surface area (Å²) in [7, 11) is 0. The van der Waals surface area contributed by atoms with E-state index in [0.29, 0.717) is 41.9 Å². The van der Waals surface area contributed by atoms with Crippen molar-refractivity contribution < 1.29 is 13.7 Å². The lowest BCUT2D eigenvalue weighted by molar-refractivity contribution is -0.127. The van der Waals surface area contributed by atoms with E-state index in [1.807, 2.05) is 24.3 Å². The number of carbonyl (C=O) groups excluding carboxylic acids is 1. The first kappa shape index (κ1) is 20.5. The SMILES string of the molecule is O=C(NCc1ccc(Cl)cc1)C1CCCN(Cc2nc(-c3ccc(F)cc3)no2)C1. The van der Waals surface area contributed by atoms with Gasteiger partial charge >= 0.3 is 0 Å². The molecular weight excluding hydrogens is 407 g/mol. The first-order valence-electron chi connectivity index (χ1n) is 9.90. The van der Waals surface area contributed by atoms with Gasteiger partial charge < -0.3 is 9.84 Å². The van der Waals surface area contributed by atoms with Crippen molar-refractivity contribution in [3.05, 3.63) is 70.8 Å². The number of carbonyl (C=O) groups is 1. The van der Waals surface area contributed by atoms with Crippen LogP contribution in [0.5, 0.6) is 0 Å². The van der Waals surface area contributed by atoms with Crippen molar-refractivity contribution >= 4 is 17.5 Å². The molecule has 6 nitrogen and oxygen atoms in total. The average molecular weight is 429 g/mol. The molecule has 0 saturated carbocycles. The van der Waals surface area contributed by atoms with E-state index in [4.69, 9.17) is 16.1 Å². The summed E-state index contributed by atoms with van der Waals surface area (Å²) in [5, 5.41) is 7.67. The van der Waals surface area contributed by atoms with Crippen LogP contribution in [0.3, 0.4) is 0 Å². The number of hydrogen-bond acceptors (Lipinski definition) is 5. The molecule has 1 N–H and O–H groups in total. The summed E-state index contributed by atoms with van der Waals surface area (Å²) in [5.41, 5.74) is 1.71. The van der Waals surface area contributed by atoms with Crippen LogP contribution in [-0.2, 0) is 17.9 Å². The summed E-state index contributed by atoms with van der Waals surface area (Å²) in [5.74, 6) is 0.574. The van der Waals surface area contributed by atoms with Crippen molar-refractivity contribution in [3.63, 3.8) is 0 Å². The molecule has 3 aromatic rings. The molecule has 0 radical (unpaired) electrons. The number of likely N-dealkylation sites (tertiary alicyclic amines) is 1. The fourth-order valence-electron chi connectivity index (χ4n) is 3.58. The minimum Gasteiger partial charge on any atom is -0.352 e. The lowest BCUT2D eigenvalue weighted by Gasteiger charge is -2.30. The van der Waals surface area contributed by atoms with Crippen molar-refractivity contribution in [2.75, 3.05) is 13.1 Å². The fourth-order valence-corrected chi connectivity index (χ4v) is 3.70. The van der Waals surface area contributed by atoms with Crippen LogP contribution in [0.2, 0.25) is 5.02 Å². The highest BCUT2D eigenvalue weighted by atomic mass is 35.5. The van der Waals surface area contributed by atoms with Gasteiger partial charge in [0.05, 0.1) is 12.5 Å². The van der Waals surface area contributed by atoms with Gasteiger partial charge in [0.2, 0.25) is 17.6 Å². The van der Waals surface area contributed by atoms with Crippen LogP contribution in [0, 0.1) is 11.7 Å². The molecule has 4 rings (SSSR count). The molecule has 2 aromatic carbocycles. The molecule has 1 amide bonds. The molecule has 0 bridgehead atoms. The van der Waals surface area contributed by atoms with E-state index in [1.165, 1.54) is 12.1 Å². The van der Waals surface area contributed by atoms with Gasteiger partial charge in [0, 0.05) is 23.7 Å². The maximum Gasteiger partial charge on any atom is 0.241 e. The second kappa shape index (κ2) is 9.36. The van der Waals surface area contributed by atoms with E-state index in [1.54, 1.807) is 12.1 Å². The third-order valence-corrected chi connectivity index (χ3v) is 5.44. The van der Waals surface area contributed by atoms with Gasteiger partial charge in [-0.2, -0.15) is 4.98 Å². The number of halogens is 2. The number of rotatable bonds is 6. The van der Waals surface area contributed by atoms with Crippen molar-refractivity contribution in [3.8, 4) is 11.4 Å². The summed E-state index contributed by atoms with van der Waals surface area (Å²) in [6, 6.07) is 13.4. The molecule has 1 aliphatic rings. The summed E-state index contributed by atoms with van der Waals surface area (Å²) in [6.45, 7) is 2.47. The van der Waals surface area contributed by atoms with Crippen molar-refractivity contribution in [1.82, 2.24) is 20.4 Å². The molecule has 1 aromatic heterocycles. The molecule has 156 valence electrons. The number of piperidine rings is 1. The standard InChI is InChI=1S/C22H22ClFN4O2/c23-18-7-3-15(4-8-18)12-25-22(29)17-2-1-11-28(13-17)14-20-26-21(27-30-20)16-5-9-19(24)10-6-16/h3-10,17H,1-2,11-14H2,(H,25,29). The van der Waals surface area contributed by atoms with Crippen LogP contribution in [-0.4, -0.2) is 34.0 Å². The lowest BCUT2D eigenvalue weighted by Crippen LogP contribution is -2.42. The zero-order valence-electron chi connectivity index (χ0n) is 16.4. The molecule has 1 saturated heterocycles. The fraction of sp³-hybridized carbons (Fsp3) is 0.318. The van der Waals surface area contributed by atoms with Crippen molar-refractivity contribution in [1.29, 1.82) is 0 Å². The molecule has 1 fully saturated rings. The highest BCUT2D eigenvalue weighted by Gasteiger charge is 2.26.